The molecule has 1 saturated carbocycles. The van der Waals surface area contributed by atoms with E-state index in [1.165, 1.54) is 0 Å². The largest absolute Gasteiger partial charge is 0.353 e. The lowest BCUT2D eigenvalue weighted by atomic mass is 10.0. The van der Waals surface area contributed by atoms with Crippen molar-refractivity contribution in [3.05, 3.63) is 29.6 Å². The first-order valence-corrected chi connectivity index (χ1v) is 10.0. The summed E-state index contributed by atoms with van der Waals surface area (Å²) >= 11 is 0. The van der Waals surface area contributed by atoms with Crippen LogP contribution in [0.3, 0.4) is 0 Å². The molecule has 3 rings (SSSR count). The minimum absolute atomic E-state index is 0.112. The lowest BCUT2D eigenvalue weighted by Gasteiger charge is -2.35. The average molecular weight is 426 g/mol. The average Bonchev–Trinajstić information content (AvgIpc) is 3.58. The highest BCUT2D eigenvalue weighted by Gasteiger charge is 2.33. The Balaban J connectivity index is 1.40. The maximum absolute atomic E-state index is 13.6. The Morgan fingerprint density at radius 1 is 1.07 bits per heavy atom. The molecule has 0 bridgehead atoms. The van der Waals surface area contributed by atoms with Crippen molar-refractivity contribution in [1.82, 2.24) is 15.5 Å². The molecule has 1 atom stereocenters. The molecule has 7 nitrogen and oxygen atoms in total. The number of nitrogens with one attached hydrogen (secondary N) is 3. The van der Waals surface area contributed by atoms with Crippen molar-refractivity contribution >= 4 is 23.4 Å². The van der Waals surface area contributed by atoms with Crippen molar-refractivity contribution < 1.29 is 27.6 Å². The van der Waals surface area contributed by atoms with Gasteiger partial charge in [-0.25, -0.2) is 13.2 Å². The van der Waals surface area contributed by atoms with Crippen molar-refractivity contribution in [2.45, 2.75) is 44.7 Å². The standard InChI is InChI=1S/C20H25F3N4O3/c1-11(27-8-6-13(7-9-27)25-20(30)12-2-3-12)19(29)24-10-16(28)26-15-5-4-14(21)17(22)18(15)23/h4-5,11-13H,2-3,6-10H2,1H3,(H,24,29)(H,25,30)(H,26,28). The van der Waals surface area contributed by atoms with Gasteiger partial charge < -0.3 is 16.0 Å². The summed E-state index contributed by atoms with van der Waals surface area (Å²) in [6, 6.07) is 1.23. The molecule has 0 aromatic heterocycles. The number of rotatable bonds is 7. The molecule has 1 aromatic rings. The van der Waals surface area contributed by atoms with E-state index >= 15 is 0 Å². The van der Waals surface area contributed by atoms with Crippen molar-refractivity contribution in [1.29, 1.82) is 0 Å². The highest BCUT2D eigenvalue weighted by Crippen LogP contribution is 2.29. The Morgan fingerprint density at radius 3 is 2.37 bits per heavy atom. The molecule has 30 heavy (non-hydrogen) atoms. The van der Waals surface area contributed by atoms with E-state index in [2.05, 4.69) is 16.0 Å². The van der Waals surface area contributed by atoms with Gasteiger partial charge in [0.05, 0.1) is 18.3 Å². The van der Waals surface area contributed by atoms with E-state index < -0.39 is 41.6 Å². The van der Waals surface area contributed by atoms with E-state index in [1.807, 2.05) is 4.90 Å². The van der Waals surface area contributed by atoms with Gasteiger partial charge in [0, 0.05) is 25.0 Å². The molecule has 2 aliphatic rings. The number of halogens is 3. The maximum Gasteiger partial charge on any atom is 0.243 e. The maximum atomic E-state index is 13.6. The number of carbonyl (C=O) groups excluding carboxylic acids is 3. The molecule has 0 radical (unpaired) electrons. The summed E-state index contributed by atoms with van der Waals surface area (Å²) in [5.41, 5.74) is -0.503. The van der Waals surface area contributed by atoms with Gasteiger partial charge in [-0.3, -0.25) is 19.3 Å². The van der Waals surface area contributed by atoms with Gasteiger partial charge in [-0.1, -0.05) is 0 Å². The van der Waals surface area contributed by atoms with Gasteiger partial charge in [0.1, 0.15) is 0 Å². The fraction of sp³-hybridized carbons (Fsp3) is 0.550. The monoisotopic (exact) mass is 426 g/mol. The summed E-state index contributed by atoms with van der Waals surface area (Å²) in [6.07, 6.45) is 3.40. The van der Waals surface area contributed by atoms with Crippen LogP contribution in [0.15, 0.2) is 12.1 Å². The first-order chi connectivity index (χ1) is 14.3. The number of likely N-dealkylation sites (tertiary alicyclic amines) is 1. The molecule has 3 amide bonds. The number of hydrogen-bond acceptors (Lipinski definition) is 4. The summed E-state index contributed by atoms with van der Waals surface area (Å²) in [5.74, 6) is -5.40. The lowest BCUT2D eigenvalue weighted by molar-refractivity contribution is -0.128. The van der Waals surface area contributed by atoms with Crippen LogP contribution >= 0.6 is 0 Å². The second-order valence-corrected chi connectivity index (χ2v) is 7.76. The molecule has 1 aliphatic carbocycles. The molecule has 1 aliphatic heterocycles. The minimum atomic E-state index is -1.68. The number of piperidine rings is 1. The molecule has 0 spiro atoms. The smallest absolute Gasteiger partial charge is 0.243 e. The van der Waals surface area contributed by atoms with Crippen molar-refractivity contribution in [2.24, 2.45) is 5.92 Å². The van der Waals surface area contributed by atoms with E-state index in [1.54, 1.807) is 6.92 Å². The second-order valence-electron chi connectivity index (χ2n) is 7.76. The number of carbonyl (C=O) groups is 3. The molecule has 1 heterocycles. The fourth-order valence-corrected chi connectivity index (χ4v) is 3.39. The van der Waals surface area contributed by atoms with E-state index in [0.717, 1.165) is 31.7 Å². The lowest BCUT2D eigenvalue weighted by Crippen LogP contribution is -2.52. The third-order valence-corrected chi connectivity index (χ3v) is 5.48. The highest BCUT2D eigenvalue weighted by atomic mass is 19.2. The summed E-state index contributed by atoms with van der Waals surface area (Å²) in [6.45, 7) is 2.55. The van der Waals surface area contributed by atoms with Gasteiger partial charge in [-0.2, -0.15) is 0 Å². The normalized spacial score (nSPS) is 18.5. The van der Waals surface area contributed by atoms with Gasteiger partial charge in [-0.15, -0.1) is 0 Å². The molecule has 1 saturated heterocycles. The molecular formula is C20H25F3N4O3. The first kappa shape index (κ1) is 22.1. The molecule has 164 valence electrons. The zero-order valence-corrected chi connectivity index (χ0v) is 16.6. The predicted molar refractivity (Wildman–Crippen MR) is 103 cm³/mol. The van der Waals surface area contributed by atoms with Gasteiger partial charge in [0.25, 0.3) is 0 Å². The fourth-order valence-electron chi connectivity index (χ4n) is 3.39. The van der Waals surface area contributed by atoms with Gasteiger partial charge in [-0.05, 0) is 44.7 Å². The molecule has 2 fully saturated rings. The third kappa shape index (κ3) is 5.50. The molecular weight excluding hydrogens is 401 g/mol. The molecule has 1 unspecified atom stereocenters. The van der Waals surface area contributed by atoms with Crippen LogP contribution in [-0.4, -0.2) is 54.3 Å². The van der Waals surface area contributed by atoms with E-state index in [9.17, 15) is 27.6 Å². The van der Waals surface area contributed by atoms with Crippen LogP contribution < -0.4 is 16.0 Å². The van der Waals surface area contributed by atoms with Crippen LogP contribution in [0.1, 0.15) is 32.6 Å². The Labute approximate surface area is 172 Å². The molecule has 1 aromatic carbocycles. The quantitative estimate of drug-likeness (QED) is 0.577. The minimum Gasteiger partial charge on any atom is -0.353 e. The van der Waals surface area contributed by atoms with E-state index in [4.69, 9.17) is 0 Å². The van der Waals surface area contributed by atoms with Crippen LogP contribution in [0, 0.1) is 23.4 Å². The Kier molecular flexibility index (Phi) is 6.96. The zero-order valence-electron chi connectivity index (χ0n) is 16.6. The van der Waals surface area contributed by atoms with Gasteiger partial charge in [0.2, 0.25) is 17.7 Å². The molecule has 10 heteroatoms. The van der Waals surface area contributed by atoms with Crippen LogP contribution in [0.5, 0.6) is 0 Å². The van der Waals surface area contributed by atoms with Crippen molar-refractivity contribution in [2.75, 3.05) is 25.0 Å². The third-order valence-electron chi connectivity index (χ3n) is 5.48. The Hall–Kier alpha value is -2.62. The summed E-state index contributed by atoms with van der Waals surface area (Å²) in [5, 5.41) is 7.61. The van der Waals surface area contributed by atoms with E-state index in [0.29, 0.717) is 19.2 Å². The Morgan fingerprint density at radius 2 is 1.73 bits per heavy atom. The topological polar surface area (TPSA) is 90.5 Å². The number of nitrogens with zero attached hydrogens (tertiary/aromatic N) is 1. The highest BCUT2D eigenvalue weighted by molar-refractivity contribution is 5.95. The second kappa shape index (κ2) is 9.46. The van der Waals surface area contributed by atoms with Crippen molar-refractivity contribution in [3.8, 4) is 0 Å². The summed E-state index contributed by atoms with van der Waals surface area (Å²) < 4.78 is 39.7. The Bertz CT molecular complexity index is 824. The zero-order chi connectivity index (χ0) is 21.8. The first-order valence-electron chi connectivity index (χ1n) is 10.0. The van der Waals surface area contributed by atoms with Gasteiger partial charge in [0.15, 0.2) is 17.5 Å². The number of hydrogen-bond donors (Lipinski definition) is 3. The van der Waals surface area contributed by atoms with E-state index in [-0.39, 0.29) is 23.8 Å². The predicted octanol–water partition coefficient (Wildman–Crippen LogP) is 1.54. The van der Waals surface area contributed by atoms with Crippen molar-refractivity contribution in [3.63, 3.8) is 0 Å². The van der Waals surface area contributed by atoms with Gasteiger partial charge >= 0.3 is 0 Å². The van der Waals surface area contributed by atoms with Crippen LogP contribution in [0.2, 0.25) is 0 Å². The van der Waals surface area contributed by atoms with Crippen LogP contribution in [0.25, 0.3) is 0 Å². The summed E-state index contributed by atoms with van der Waals surface area (Å²) in [7, 11) is 0. The number of amides is 3. The number of anilines is 1. The summed E-state index contributed by atoms with van der Waals surface area (Å²) in [4.78, 5) is 38.0. The van der Waals surface area contributed by atoms with Crippen LogP contribution in [0.4, 0.5) is 18.9 Å². The number of benzene rings is 1. The van der Waals surface area contributed by atoms with Crippen LogP contribution in [-0.2, 0) is 14.4 Å². The SMILES string of the molecule is CC(C(=O)NCC(=O)Nc1ccc(F)c(F)c1F)N1CCC(NC(=O)C2CC2)CC1. The molecule has 3 N–H and O–H groups in total.